The number of fused-ring (bicyclic) bond motifs is 1. The summed E-state index contributed by atoms with van der Waals surface area (Å²) in [5, 5.41) is 13.0. The van der Waals surface area contributed by atoms with Crippen LogP contribution in [0.2, 0.25) is 0 Å². The molecular formula is C13H17NO3. The highest BCUT2D eigenvalue weighted by molar-refractivity contribution is 5.51. The second-order valence-corrected chi connectivity index (χ2v) is 4.25. The maximum absolute atomic E-state index is 9.79. The lowest BCUT2D eigenvalue weighted by atomic mass is 10.1. The van der Waals surface area contributed by atoms with Gasteiger partial charge in [-0.25, -0.2) is 0 Å². The quantitative estimate of drug-likeness (QED) is 0.620. The Morgan fingerprint density at radius 3 is 2.76 bits per heavy atom. The lowest BCUT2D eigenvalue weighted by Gasteiger charge is -2.06. The van der Waals surface area contributed by atoms with E-state index in [0.717, 1.165) is 12.1 Å². The summed E-state index contributed by atoms with van der Waals surface area (Å²) in [7, 11) is 0. The molecule has 0 aliphatic carbocycles. The van der Waals surface area contributed by atoms with Crippen molar-refractivity contribution in [3.8, 4) is 17.2 Å². The Hall–Kier alpha value is -1.68. The summed E-state index contributed by atoms with van der Waals surface area (Å²) in [5.74, 6) is 1.54. The van der Waals surface area contributed by atoms with Crippen molar-refractivity contribution in [3.63, 3.8) is 0 Å². The van der Waals surface area contributed by atoms with Crippen LogP contribution in [0.4, 0.5) is 0 Å². The fourth-order valence-electron chi connectivity index (χ4n) is 1.60. The molecule has 0 saturated carbocycles. The number of aromatic hydroxyl groups is 1. The van der Waals surface area contributed by atoms with Gasteiger partial charge in [0.2, 0.25) is 6.79 Å². The van der Waals surface area contributed by atoms with Crippen molar-refractivity contribution in [2.45, 2.75) is 20.4 Å². The number of benzene rings is 1. The number of phenols is 1. The van der Waals surface area contributed by atoms with Crippen LogP contribution in [-0.4, -0.2) is 18.4 Å². The SMILES string of the molecule is CC(C)=CCNCc1cc2c(cc1O)OCO2. The van der Waals surface area contributed by atoms with Crippen LogP contribution in [0.1, 0.15) is 19.4 Å². The largest absolute Gasteiger partial charge is 0.507 e. The molecule has 4 nitrogen and oxygen atoms in total. The summed E-state index contributed by atoms with van der Waals surface area (Å²) in [6, 6.07) is 3.41. The standard InChI is InChI=1S/C13H17NO3/c1-9(2)3-4-14-7-10-5-12-13(6-11(10)15)17-8-16-12/h3,5-6,14-15H,4,7-8H2,1-2H3. The minimum Gasteiger partial charge on any atom is -0.507 e. The van der Waals surface area contributed by atoms with Crippen molar-refractivity contribution in [1.29, 1.82) is 0 Å². The molecule has 1 aromatic carbocycles. The van der Waals surface area contributed by atoms with E-state index in [4.69, 9.17) is 9.47 Å². The molecule has 0 unspecified atom stereocenters. The zero-order valence-corrected chi connectivity index (χ0v) is 10.1. The molecule has 0 amide bonds. The van der Waals surface area contributed by atoms with Gasteiger partial charge in [0.05, 0.1) is 0 Å². The molecule has 2 N–H and O–H groups in total. The molecule has 2 rings (SSSR count). The predicted octanol–water partition coefficient (Wildman–Crippen LogP) is 2.18. The number of phenolic OH excluding ortho intramolecular Hbond substituents is 1. The van der Waals surface area contributed by atoms with Gasteiger partial charge in [-0.15, -0.1) is 0 Å². The molecule has 0 spiro atoms. The van der Waals surface area contributed by atoms with Gasteiger partial charge in [0.1, 0.15) is 5.75 Å². The summed E-state index contributed by atoms with van der Waals surface area (Å²) < 4.78 is 10.4. The predicted molar refractivity (Wildman–Crippen MR) is 65.4 cm³/mol. The average Bonchev–Trinajstić information content (AvgIpc) is 2.71. The topological polar surface area (TPSA) is 50.7 Å². The van der Waals surface area contributed by atoms with Gasteiger partial charge >= 0.3 is 0 Å². The molecule has 17 heavy (non-hydrogen) atoms. The van der Waals surface area contributed by atoms with Crippen LogP contribution in [0.5, 0.6) is 17.2 Å². The van der Waals surface area contributed by atoms with Gasteiger partial charge < -0.3 is 19.9 Å². The first-order valence-corrected chi connectivity index (χ1v) is 5.62. The number of ether oxygens (including phenoxy) is 2. The van der Waals surface area contributed by atoms with Crippen LogP contribution in [0.3, 0.4) is 0 Å². The highest BCUT2D eigenvalue weighted by Gasteiger charge is 2.16. The van der Waals surface area contributed by atoms with Crippen LogP contribution < -0.4 is 14.8 Å². The highest BCUT2D eigenvalue weighted by Crippen LogP contribution is 2.37. The molecule has 4 heteroatoms. The Morgan fingerprint density at radius 1 is 1.35 bits per heavy atom. The van der Waals surface area contributed by atoms with Gasteiger partial charge in [-0.3, -0.25) is 0 Å². The van der Waals surface area contributed by atoms with Gasteiger partial charge in [-0.05, 0) is 19.9 Å². The van der Waals surface area contributed by atoms with Crippen molar-refractivity contribution in [2.75, 3.05) is 13.3 Å². The minimum atomic E-state index is 0.226. The zero-order valence-electron chi connectivity index (χ0n) is 10.1. The third-order valence-corrected chi connectivity index (χ3v) is 2.54. The summed E-state index contributed by atoms with van der Waals surface area (Å²) in [5.41, 5.74) is 2.09. The molecule has 0 bridgehead atoms. The lowest BCUT2D eigenvalue weighted by Crippen LogP contribution is -2.13. The van der Waals surface area contributed by atoms with E-state index in [1.165, 1.54) is 5.57 Å². The van der Waals surface area contributed by atoms with E-state index in [1.807, 2.05) is 6.07 Å². The second-order valence-electron chi connectivity index (χ2n) is 4.25. The first-order valence-electron chi connectivity index (χ1n) is 5.62. The van der Waals surface area contributed by atoms with Crippen LogP contribution in [0, 0.1) is 0 Å². The number of nitrogens with one attached hydrogen (secondary N) is 1. The molecule has 1 aromatic rings. The van der Waals surface area contributed by atoms with Crippen molar-refractivity contribution in [1.82, 2.24) is 5.32 Å². The average molecular weight is 235 g/mol. The van der Waals surface area contributed by atoms with Crippen molar-refractivity contribution < 1.29 is 14.6 Å². The Labute approximate surface area is 101 Å². The van der Waals surface area contributed by atoms with Crippen LogP contribution in [-0.2, 0) is 6.54 Å². The normalized spacial score (nSPS) is 12.6. The fraction of sp³-hybridized carbons (Fsp3) is 0.385. The van der Waals surface area contributed by atoms with Gasteiger partial charge in [-0.2, -0.15) is 0 Å². The Bertz CT molecular complexity index is 437. The maximum Gasteiger partial charge on any atom is 0.231 e. The van der Waals surface area contributed by atoms with Gasteiger partial charge in [-0.1, -0.05) is 11.6 Å². The fourth-order valence-corrected chi connectivity index (χ4v) is 1.60. The summed E-state index contributed by atoms with van der Waals surface area (Å²) in [4.78, 5) is 0. The molecule has 1 aliphatic rings. The first-order chi connectivity index (χ1) is 8.16. The molecule has 1 aliphatic heterocycles. The van der Waals surface area contributed by atoms with Crippen molar-refractivity contribution in [3.05, 3.63) is 29.3 Å². The number of hydrogen-bond acceptors (Lipinski definition) is 4. The first kappa shape index (κ1) is 11.8. The zero-order chi connectivity index (χ0) is 12.3. The van der Waals surface area contributed by atoms with Crippen LogP contribution >= 0.6 is 0 Å². The monoisotopic (exact) mass is 235 g/mol. The van der Waals surface area contributed by atoms with Crippen LogP contribution in [0.15, 0.2) is 23.8 Å². The van der Waals surface area contributed by atoms with Crippen LogP contribution in [0.25, 0.3) is 0 Å². The smallest absolute Gasteiger partial charge is 0.231 e. The van der Waals surface area contributed by atoms with Gasteiger partial charge in [0.15, 0.2) is 11.5 Å². The molecule has 0 radical (unpaired) electrons. The Balaban J connectivity index is 1.99. The van der Waals surface area contributed by atoms with E-state index in [-0.39, 0.29) is 12.5 Å². The number of hydrogen-bond donors (Lipinski definition) is 2. The van der Waals surface area contributed by atoms with Crippen molar-refractivity contribution in [2.24, 2.45) is 0 Å². The lowest BCUT2D eigenvalue weighted by molar-refractivity contribution is 0.174. The summed E-state index contributed by atoms with van der Waals surface area (Å²) in [6.07, 6.45) is 2.10. The third kappa shape index (κ3) is 2.91. The molecular weight excluding hydrogens is 218 g/mol. The Kier molecular flexibility index (Phi) is 3.54. The molecule has 0 fully saturated rings. The van der Waals surface area contributed by atoms with E-state index < -0.39 is 0 Å². The molecule has 0 atom stereocenters. The van der Waals surface area contributed by atoms with E-state index in [0.29, 0.717) is 18.0 Å². The maximum atomic E-state index is 9.79. The molecule has 1 heterocycles. The van der Waals surface area contributed by atoms with Gasteiger partial charge in [0.25, 0.3) is 0 Å². The van der Waals surface area contributed by atoms with E-state index in [9.17, 15) is 5.11 Å². The second kappa shape index (κ2) is 5.10. The molecule has 0 aromatic heterocycles. The van der Waals surface area contributed by atoms with Gasteiger partial charge in [0, 0.05) is 24.7 Å². The summed E-state index contributed by atoms with van der Waals surface area (Å²) in [6.45, 7) is 5.73. The third-order valence-electron chi connectivity index (χ3n) is 2.54. The molecule has 92 valence electrons. The summed E-state index contributed by atoms with van der Waals surface area (Å²) >= 11 is 0. The van der Waals surface area contributed by atoms with E-state index >= 15 is 0 Å². The number of allylic oxidation sites excluding steroid dienone is 1. The highest BCUT2D eigenvalue weighted by atomic mass is 16.7. The molecule has 0 saturated heterocycles. The Morgan fingerprint density at radius 2 is 2.06 bits per heavy atom. The number of rotatable bonds is 4. The minimum absolute atomic E-state index is 0.226. The van der Waals surface area contributed by atoms with E-state index in [2.05, 4.69) is 25.2 Å². The van der Waals surface area contributed by atoms with Crippen molar-refractivity contribution >= 4 is 0 Å². The van der Waals surface area contributed by atoms with E-state index in [1.54, 1.807) is 6.07 Å².